The molecule has 18 heavy (non-hydrogen) atoms. The average molecular weight is 254 g/mol. The van der Waals surface area contributed by atoms with E-state index in [0.717, 1.165) is 0 Å². The van der Waals surface area contributed by atoms with E-state index in [-0.39, 0.29) is 13.2 Å². The van der Waals surface area contributed by atoms with Crippen LogP contribution >= 0.6 is 0 Å². The molecular weight excluding hydrogens is 236 g/mol. The number of anilines is 1. The summed E-state index contributed by atoms with van der Waals surface area (Å²) in [6, 6.07) is 6.36. The van der Waals surface area contributed by atoms with Gasteiger partial charge in [-0.05, 0) is 19.1 Å². The SMILES string of the molecule is COc1cccc(NC(=O)NC(C)(CO)CO)c1. The van der Waals surface area contributed by atoms with Crippen LogP contribution in [0, 0.1) is 0 Å². The summed E-state index contributed by atoms with van der Waals surface area (Å²) in [4.78, 5) is 11.7. The fraction of sp³-hybridized carbons (Fsp3) is 0.417. The zero-order valence-corrected chi connectivity index (χ0v) is 10.4. The highest BCUT2D eigenvalue weighted by Gasteiger charge is 2.24. The summed E-state index contributed by atoms with van der Waals surface area (Å²) in [7, 11) is 1.54. The summed E-state index contributed by atoms with van der Waals surface area (Å²) in [5.74, 6) is 0.625. The topological polar surface area (TPSA) is 90.8 Å². The predicted octanol–water partition coefficient (Wildman–Crippen LogP) is 0.560. The largest absolute Gasteiger partial charge is 0.497 e. The van der Waals surface area contributed by atoms with E-state index in [1.807, 2.05) is 0 Å². The molecule has 0 bridgehead atoms. The maximum absolute atomic E-state index is 11.7. The molecule has 4 N–H and O–H groups in total. The number of aliphatic hydroxyl groups is 2. The third kappa shape index (κ3) is 3.90. The van der Waals surface area contributed by atoms with Crippen LogP contribution in [0.2, 0.25) is 0 Å². The van der Waals surface area contributed by atoms with Crippen LogP contribution in [0.5, 0.6) is 5.75 Å². The second-order valence-electron chi connectivity index (χ2n) is 4.19. The number of nitrogens with one attached hydrogen (secondary N) is 2. The molecule has 0 saturated heterocycles. The minimum absolute atomic E-state index is 0.352. The molecule has 2 amide bonds. The Balaban J connectivity index is 2.64. The van der Waals surface area contributed by atoms with E-state index in [9.17, 15) is 4.79 Å². The molecule has 0 aromatic heterocycles. The molecule has 100 valence electrons. The van der Waals surface area contributed by atoms with E-state index in [0.29, 0.717) is 11.4 Å². The molecule has 0 fully saturated rings. The first-order valence-electron chi connectivity index (χ1n) is 5.48. The molecule has 0 radical (unpaired) electrons. The summed E-state index contributed by atoms with van der Waals surface area (Å²) in [5.41, 5.74) is -0.492. The highest BCUT2D eigenvalue weighted by atomic mass is 16.5. The quantitative estimate of drug-likeness (QED) is 0.618. The number of carbonyl (C=O) groups is 1. The van der Waals surface area contributed by atoms with Crippen molar-refractivity contribution in [3.05, 3.63) is 24.3 Å². The Morgan fingerprint density at radius 3 is 2.61 bits per heavy atom. The van der Waals surface area contributed by atoms with E-state index < -0.39 is 11.6 Å². The Hall–Kier alpha value is -1.79. The molecule has 1 aromatic carbocycles. The number of methoxy groups -OCH3 is 1. The van der Waals surface area contributed by atoms with Gasteiger partial charge in [-0.15, -0.1) is 0 Å². The molecule has 0 heterocycles. The molecule has 6 heteroatoms. The minimum Gasteiger partial charge on any atom is -0.497 e. The van der Waals surface area contributed by atoms with Gasteiger partial charge in [0.25, 0.3) is 0 Å². The van der Waals surface area contributed by atoms with Crippen molar-refractivity contribution in [1.82, 2.24) is 5.32 Å². The van der Waals surface area contributed by atoms with Crippen molar-refractivity contribution in [3.8, 4) is 5.75 Å². The lowest BCUT2D eigenvalue weighted by Gasteiger charge is -2.26. The fourth-order valence-electron chi connectivity index (χ4n) is 1.27. The van der Waals surface area contributed by atoms with Crippen molar-refractivity contribution < 1.29 is 19.7 Å². The summed E-state index contributed by atoms with van der Waals surface area (Å²) in [5, 5.41) is 23.2. The molecule has 1 rings (SSSR count). The molecule has 0 saturated carbocycles. The highest BCUT2D eigenvalue weighted by molar-refractivity contribution is 5.89. The van der Waals surface area contributed by atoms with Gasteiger partial charge in [-0.3, -0.25) is 0 Å². The normalized spacial score (nSPS) is 10.9. The van der Waals surface area contributed by atoms with Gasteiger partial charge < -0.3 is 25.6 Å². The smallest absolute Gasteiger partial charge is 0.319 e. The zero-order valence-electron chi connectivity index (χ0n) is 10.4. The third-order valence-corrected chi connectivity index (χ3v) is 2.44. The molecular formula is C12H18N2O4. The fourth-order valence-corrected chi connectivity index (χ4v) is 1.27. The Labute approximate surface area is 106 Å². The summed E-state index contributed by atoms with van der Waals surface area (Å²) in [6.45, 7) is 0.836. The van der Waals surface area contributed by atoms with Gasteiger partial charge in [0.2, 0.25) is 0 Å². The van der Waals surface area contributed by atoms with Crippen LogP contribution in [0.15, 0.2) is 24.3 Å². The third-order valence-electron chi connectivity index (χ3n) is 2.44. The predicted molar refractivity (Wildman–Crippen MR) is 67.7 cm³/mol. The van der Waals surface area contributed by atoms with Gasteiger partial charge in [-0.25, -0.2) is 4.79 Å². The first-order valence-corrected chi connectivity index (χ1v) is 5.48. The van der Waals surface area contributed by atoms with Crippen LogP contribution < -0.4 is 15.4 Å². The van der Waals surface area contributed by atoms with E-state index in [1.54, 1.807) is 24.3 Å². The molecule has 0 aliphatic heterocycles. The maximum Gasteiger partial charge on any atom is 0.319 e. The number of benzene rings is 1. The lowest BCUT2D eigenvalue weighted by Crippen LogP contribution is -2.53. The van der Waals surface area contributed by atoms with Crippen molar-refractivity contribution in [1.29, 1.82) is 0 Å². The van der Waals surface area contributed by atoms with Crippen LogP contribution in [0.3, 0.4) is 0 Å². The van der Waals surface area contributed by atoms with Gasteiger partial charge >= 0.3 is 6.03 Å². The number of aliphatic hydroxyl groups excluding tert-OH is 2. The lowest BCUT2D eigenvalue weighted by atomic mass is 10.1. The van der Waals surface area contributed by atoms with Crippen LogP contribution in [0.25, 0.3) is 0 Å². The number of carbonyl (C=O) groups excluding carboxylic acids is 1. The lowest BCUT2D eigenvalue weighted by molar-refractivity contribution is 0.111. The van der Waals surface area contributed by atoms with Crippen LogP contribution in [-0.4, -0.2) is 42.1 Å². The number of hydrogen-bond acceptors (Lipinski definition) is 4. The van der Waals surface area contributed by atoms with Crippen molar-refractivity contribution in [2.75, 3.05) is 25.6 Å². The van der Waals surface area contributed by atoms with Crippen LogP contribution in [-0.2, 0) is 0 Å². The van der Waals surface area contributed by atoms with E-state index in [4.69, 9.17) is 14.9 Å². The average Bonchev–Trinajstić information content (AvgIpc) is 2.38. The van der Waals surface area contributed by atoms with Crippen molar-refractivity contribution in [3.63, 3.8) is 0 Å². The first-order chi connectivity index (χ1) is 8.53. The number of amides is 2. The summed E-state index contributed by atoms with van der Waals surface area (Å²) in [6.07, 6.45) is 0. The molecule has 6 nitrogen and oxygen atoms in total. The van der Waals surface area contributed by atoms with Crippen LogP contribution in [0.1, 0.15) is 6.92 Å². The van der Waals surface area contributed by atoms with E-state index >= 15 is 0 Å². The summed E-state index contributed by atoms with van der Waals surface area (Å²) < 4.78 is 5.03. The Morgan fingerprint density at radius 1 is 1.39 bits per heavy atom. The maximum atomic E-state index is 11.7. The van der Waals surface area contributed by atoms with Gasteiger partial charge in [-0.1, -0.05) is 6.07 Å². The molecule has 0 spiro atoms. The molecule has 0 atom stereocenters. The van der Waals surface area contributed by atoms with Gasteiger partial charge in [0.1, 0.15) is 5.75 Å². The van der Waals surface area contributed by atoms with Gasteiger partial charge in [0.05, 0.1) is 25.9 Å². The van der Waals surface area contributed by atoms with E-state index in [2.05, 4.69) is 10.6 Å². The Bertz CT molecular complexity index is 405. The number of urea groups is 1. The summed E-state index contributed by atoms with van der Waals surface area (Å²) >= 11 is 0. The molecule has 0 unspecified atom stereocenters. The standard InChI is InChI=1S/C12H18N2O4/c1-12(7-15,8-16)14-11(17)13-9-4-3-5-10(6-9)18-2/h3-6,15-16H,7-8H2,1-2H3,(H2,13,14,17). The number of ether oxygens (including phenoxy) is 1. The second-order valence-corrected chi connectivity index (χ2v) is 4.19. The van der Waals surface area contributed by atoms with E-state index in [1.165, 1.54) is 14.0 Å². The van der Waals surface area contributed by atoms with Crippen molar-refractivity contribution in [2.45, 2.75) is 12.5 Å². The van der Waals surface area contributed by atoms with Gasteiger partial charge in [-0.2, -0.15) is 0 Å². The van der Waals surface area contributed by atoms with Gasteiger partial charge in [0.15, 0.2) is 0 Å². The minimum atomic E-state index is -1.05. The molecule has 0 aliphatic rings. The Morgan fingerprint density at radius 2 is 2.06 bits per heavy atom. The molecule has 1 aromatic rings. The highest BCUT2D eigenvalue weighted by Crippen LogP contribution is 2.16. The zero-order chi connectivity index (χ0) is 13.6. The number of hydrogen-bond donors (Lipinski definition) is 4. The van der Waals surface area contributed by atoms with Gasteiger partial charge in [0, 0.05) is 11.8 Å². The Kier molecular flexibility index (Phi) is 4.94. The van der Waals surface area contributed by atoms with Crippen LogP contribution in [0.4, 0.5) is 10.5 Å². The second kappa shape index (κ2) is 6.23. The van der Waals surface area contributed by atoms with Crippen molar-refractivity contribution >= 4 is 11.7 Å². The monoisotopic (exact) mass is 254 g/mol. The van der Waals surface area contributed by atoms with Crippen molar-refractivity contribution in [2.24, 2.45) is 0 Å². The number of rotatable bonds is 5. The molecule has 0 aliphatic carbocycles. The first kappa shape index (κ1) is 14.3.